The van der Waals surface area contributed by atoms with Crippen LogP contribution in [0.25, 0.3) is 0 Å². The first-order valence-corrected chi connectivity index (χ1v) is 8.26. The molecule has 0 radical (unpaired) electrons. The average molecular weight is 320 g/mol. The minimum absolute atomic E-state index is 0.226. The lowest BCUT2D eigenvalue weighted by Crippen LogP contribution is -2.69. The molecular formula is C17H21FN2O3. The maximum absolute atomic E-state index is 14.2. The van der Waals surface area contributed by atoms with E-state index in [2.05, 4.69) is 4.98 Å². The van der Waals surface area contributed by atoms with Crippen LogP contribution >= 0.6 is 0 Å². The van der Waals surface area contributed by atoms with Gasteiger partial charge in [0.25, 0.3) is 5.91 Å². The first kappa shape index (κ1) is 14.9. The Morgan fingerprint density at radius 3 is 2.96 bits per heavy atom. The Morgan fingerprint density at radius 2 is 2.30 bits per heavy atom. The van der Waals surface area contributed by atoms with Crippen LogP contribution in [0, 0.1) is 5.92 Å². The molecule has 23 heavy (non-hydrogen) atoms. The number of halogens is 1. The highest BCUT2D eigenvalue weighted by molar-refractivity contribution is 5.87. The van der Waals surface area contributed by atoms with Gasteiger partial charge in [-0.2, -0.15) is 0 Å². The van der Waals surface area contributed by atoms with E-state index in [1.807, 2.05) is 12.1 Å². The second-order valence-corrected chi connectivity index (χ2v) is 6.88. The molecule has 124 valence electrons. The van der Waals surface area contributed by atoms with Crippen molar-refractivity contribution in [1.29, 1.82) is 0 Å². The fourth-order valence-electron chi connectivity index (χ4n) is 3.73. The van der Waals surface area contributed by atoms with Gasteiger partial charge >= 0.3 is 0 Å². The summed E-state index contributed by atoms with van der Waals surface area (Å²) in [6, 6.07) is 3.70. The van der Waals surface area contributed by atoms with Gasteiger partial charge in [-0.05, 0) is 37.8 Å². The van der Waals surface area contributed by atoms with Gasteiger partial charge in [0, 0.05) is 18.7 Å². The molecule has 2 saturated heterocycles. The number of aromatic nitrogens is 1. The van der Waals surface area contributed by atoms with Gasteiger partial charge in [0.15, 0.2) is 5.67 Å². The number of likely N-dealkylation sites (tertiary alicyclic amines) is 1. The third kappa shape index (κ3) is 2.49. The number of pyridine rings is 1. The molecule has 1 aromatic heterocycles. The lowest BCUT2D eigenvalue weighted by Gasteiger charge is -2.52. The van der Waals surface area contributed by atoms with Crippen molar-refractivity contribution in [2.75, 3.05) is 26.3 Å². The van der Waals surface area contributed by atoms with Crippen LogP contribution in [-0.4, -0.2) is 53.4 Å². The second-order valence-electron chi connectivity index (χ2n) is 6.88. The van der Waals surface area contributed by atoms with E-state index in [-0.39, 0.29) is 17.4 Å². The number of rotatable bonds is 4. The van der Waals surface area contributed by atoms with Crippen molar-refractivity contribution in [1.82, 2.24) is 9.88 Å². The predicted octanol–water partition coefficient (Wildman–Crippen LogP) is 1.97. The predicted molar refractivity (Wildman–Crippen MR) is 80.8 cm³/mol. The van der Waals surface area contributed by atoms with E-state index in [1.54, 1.807) is 17.3 Å². The largest absolute Gasteiger partial charge is 0.492 e. The van der Waals surface area contributed by atoms with Crippen LogP contribution < -0.4 is 4.74 Å². The summed E-state index contributed by atoms with van der Waals surface area (Å²) in [6.07, 6.45) is 5.83. The lowest BCUT2D eigenvalue weighted by molar-refractivity contribution is -0.181. The summed E-state index contributed by atoms with van der Waals surface area (Å²) in [5.41, 5.74) is -1.96. The molecule has 1 aliphatic carbocycles. The lowest BCUT2D eigenvalue weighted by atomic mass is 9.76. The SMILES string of the molecule is O=C(N1CC2(C1)OCC[C@@H]2COc1cccnc1)C1(F)CCC1. The Kier molecular flexibility index (Phi) is 3.52. The van der Waals surface area contributed by atoms with Crippen molar-refractivity contribution in [3.63, 3.8) is 0 Å². The van der Waals surface area contributed by atoms with E-state index >= 15 is 0 Å². The molecule has 0 N–H and O–H groups in total. The van der Waals surface area contributed by atoms with Gasteiger partial charge in [0.2, 0.25) is 0 Å². The third-order valence-corrected chi connectivity index (χ3v) is 5.42. The van der Waals surface area contributed by atoms with E-state index < -0.39 is 5.67 Å². The molecule has 3 fully saturated rings. The summed E-state index contributed by atoms with van der Waals surface area (Å²) < 4.78 is 26.0. The summed E-state index contributed by atoms with van der Waals surface area (Å²) in [6.45, 7) is 2.18. The molecule has 5 nitrogen and oxygen atoms in total. The first-order valence-electron chi connectivity index (χ1n) is 8.26. The first-order chi connectivity index (χ1) is 11.1. The quantitative estimate of drug-likeness (QED) is 0.851. The monoisotopic (exact) mass is 320 g/mol. The van der Waals surface area contributed by atoms with Gasteiger partial charge in [-0.25, -0.2) is 4.39 Å². The molecule has 0 unspecified atom stereocenters. The summed E-state index contributed by atoms with van der Waals surface area (Å²) in [7, 11) is 0. The Hall–Kier alpha value is -1.69. The molecule has 0 bridgehead atoms. The highest BCUT2D eigenvalue weighted by Gasteiger charge is 2.58. The summed E-state index contributed by atoms with van der Waals surface area (Å²) >= 11 is 0. The van der Waals surface area contributed by atoms with E-state index in [0.717, 1.165) is 18.6 Å². The molecule has 0 aromatic carbocycles. The van der Waals surface area contributed by atoms with Crippen LogP contribution in [0.15, 0.2) is 24.5 Å². The molecule has 1 amide bonds. The zero-order chi connectivity index (χ0) is 15.9. The topological polar surface area (TPSA) is 51.7 Å². The number of hydrogen-bond acceptors (Lipinski definition) is 4. The number of hydrogen-bond donors (Lipinski definition) is 0. The highest BCUT2D eigenvalue weighted by atomic mass is 19.1. The molecule has 1 saturated carbocycles. The van der Waals surface area contributed by atoms with Crippen LogP contribution in [0.2, 0.25) is 0 Å². The van der Waals surface area contributed by atoms with Crippen molar-refractivity contribution < 1.29 is 18.7 Å². The van der Waals surface area contributed by atoms with Gasteiger partial charge in [0.1, 0.15) is 11.4 Å². The Morgan fingerprint density at radius 1 is 1.48 bits per heavy atom. The van der Waals surface area contributed by atoms with E-state index in [4.69, 9.17) is 9.47 Å². The molecule has 2 aliphatic heterocycles. The van der Waals surface area contributed by atoms with Gasteiger partial charge in [-0.1, -0.05) is 0 Å². The van der Waals surface area contributed by atoms with E-state index in [9.17, 15) is 9.18 Å². The van der Waals surface area contributed by atoms with Gasteiger partial charge in [-0.15, -0.1) is 0 Å². The molecule has 4 rings (SSSR count). The maximum Gasteiger partial charge on any atom is 0.260 e. The number of amides is 1. The van der Waals surface area contributed by atoms with Gasteiger partial charge in [-0.3, -0.25) is 9.78 Å². The fraction of sp³-hybridized carbons (Fsp3) is 0.647. The smallest absolute Gasteiger partial charge is 0.260 e. The van der Waals surface area contributed by atoms with E-state index in [0.29, 0.717) is 39.1 Å². The van der Waals surface area contributed by atoms with Crippen molar-refractivity contribution >= 4 is 5.91 Å². The zero-order valence-corrected chi connectivity index (χ0v) is 13.0. The van der Waals surface area contributed by atoms with Crippen LogP contribution in [-0.2, 0) is 9.53 Å². The van der Waals surface area contributed by atoms with Crippen molar-refractivity contribution in [2.24, 2.45) is 5.92 Å². The molecule has 1 atom stereocenters. The summed E-state index contributed by atoms with van der Waals surface area (Å²) in [5, 5.41) is 0. The summed E-state index contributed by atoms with van der Waals surface area (Å²) in [5.74, 6) is 0.611. The number of ether oxygens (including phenoxy) is 2. The van der Waals surface area contributed by atoms with Crippen LogP contribution in [0.4, 0.5) is 4.39 Å². The number of carbonyl (C=O) groups is 1. The van der Waals surface area contributed by atoms with Crippen LogP contribution in [0.3, 0.4) is 0 Å². The van der Waals surface area contributed by atoms with Gasteiger partial charge in [0.05, 0.1) is 25.9 Å². The number of carbonyl (C=O) groups excluding carboxylic acids is 1. The standard InChI is InChI=1S/C17H21FN2O3/c18-16(5-2-6-16)15(21)20-11-17(12-20)13(4-8-23-17)10-22-14-3-1-7-19-9-14/h1,3,7,9,13H,2,4-6,8,10-12H2/t13-/m1/s1. The molecule has 6 heteroatoms. The molecule has 1 spiro atoms. The number of nitrogens with zero attached hydrogens (tertiary/aromatic N) is 2. The third-order valence-electron chi connectivity index (χ3n) is 5.42. The van der Waals surface area contributed by atoms with Crippen LogP contribution in [0.5, 0.6) is 5.75 Å². The van der Waals surface area contributed by atoms with Gasteiger partial charge < -0.3 is 14.4 Å². The Labute approximate surface area is 134 Å². The molecule has 3 aliphatic rings. The molecular weight excluding hydrogens is 299 g/mol. The Balaban J connectivity index is 1.35. The van der Waals surface area contributed by atoms with E-state index in [1.165, 1.54) is 0 Å². The van der Waals surface area contributed by atoms with Crippen molar-refractivity contribution in [3.8, 4) is 5.75 Å². The normalized spacial score (nSPS) is 27.3. The van der Waals surface area contributed by atoms with Crippen LogP contribution in [0.1, 0.15) is 25.7 Å². The maximum atomic E-state index is 14.2. The Bertz CT molecular complexity index is 585. The fourth-order valence-corrected chi connectivity index (χ4v) is 3.73. The van der Waals surface area contributed by atoms with Crippen molar-refractivity contribution in [2.45, 2.75) is 37.0 Å². The minimum atomic E-state index is -1.61. The summed E-state index contributed by atoms with van der Waals surface area (Å²) in [4.78, 5) is 17.9. The zero-order valence-electron chi connectivity index (χ0n) is 13.0. The molecule has 3 heterocycles. The number of alkyl halides is 1. The molecule has 1 aromatic rings. The highest BCUT2D eigenvalue weighted by Crippen LogP contribution is 2.44. The minimum Gasteiger partial charge on any atom is -0.492 e. The van der Waals surface area contributed by atoms with Crippen molar-refractivity contribution in [3.05, 3.63) is 24.5 Å². The second kappa shape index (κ2) is 5.44. The average Bonchev–Trinajstić information content (AvgIpc) is 2.93.